The zero-order valence-corrected chi connectivity index (χ0v) is 12.8. The summed E-state index contributed by atoms with van der Waals surface area (Å²) in [5.74, 6) is -2.03. The molecule has 1 unspecified atom stereocenters. The number of nitrogens with one attached hydrogen (secondary N) is 2. The van der Waals surface area contributed by atoms with Crippen molar-refractivity contribution in [3.8, 4) is 0 Å². The first-order chi connectivity index (χ1) is 10.3. The molecule has 118 valence electrons. The molecule has 0 spiro atoms. The number of halogens is 2. The van der Waals surface area contributed by atoms with Crippen molar-refractivity contribution in [2.45, 2.75) is 12.5 Å². The molecule has 2 rings (SSSR count). The summed E-state index contributed by atoms with van der Waals surface area (Å²) < 4.78 is 26.6. The smallest absolute Gasteiger partial charge is 0.263 e. The van der Waals surface area contributed by atoms with E-state index in [4.69, 9.17) is 0 Å². The van der Waals surface area contributed by atoms with Gasteiger partial charge in [0, 0.05) is 18.7 Å². The second-order valence-corrected chi connectivity index (χ2v) is 5.89. The molecule has 2 aromatic rings. The number of thiazole rings is 1. The van der Waals surface area contributed by atoms with Gasteiger partial charge in [-0.1, -0.05) is 17.4 Å². The Balaban J connectivity index is 2.07. The van der Waals surface area contributed by atoms with Gasteiger partial charge >= 0.3 is 0 Å². The number of amides is 1. The maximum Gasteiger partial charge on any atom is 0.263 e. The van der Waals surface area contributed by atoms with Crippen LogP contribution in [0.15, 0.2) is 24.4 Å². The largest absolute Gasteiger partial charge is 0.383 e. The molecular formula is C14H15F2N3O2S. The fourth-order valence-corrected chi connectivity index (χ4v) is 2.54. The summed E-state index contributed by atoms with van der Waals surface area (Å²) in [6.45, 7) is 1.12. The van der Waals surface area contributed by atoms with Gasteiger partial charge in [-0.05, 0) is 13.0 Å². The van der Waals surface area contributed by atoms with Crippen molar-refractivity contribution < 1.29 is 18.7 Å². The molecule has 8 heteroatoms. The normalized spacial score (nSPS) is 13.5. The van der Waals surface area contributed by atoms with Crippen LogP contribution in [0.1, 0.15) is 22.2 Å². The number of aliphatic hydroxyl groups is 1. The van der Waals surface area contributed by atoms with Crippen LogP contribution >= 0.6 is 11.3 Å². The molecule has 3 N–H and O–H groups in total. The van der Waals surface area contributed by atoms with Crippen LogP contribution in [0.4, 0.5) is 13.9 Å². The lowest BCUT2D eigenvalue weighted by Gasteiger charge is -2.24. The SMILES string of the molecule is CNc1ncc(C(=O)NCC(C)(O)c2ccc(F)cc2F)s1. The van der Waals surface area contributed by atoms with Crippen molar-refractivity contribution in [2.24, 2.45) is 0 Å². The van der Waals surface area contributed by atoms with E-state index in [0.717, 1.165) is 23.5 Å². The first kappa shape index (κ1) is 16.3. The maximum atomic E-state index is 13.7. The van der Waals surface area contributed by atoms with E-state index >= 15 is 0 Å². The number of benzene rings is 1. The second-order valence-electron chi connectivity index (χ2n) is 4.86. The predicted octanol–water partition coefficient (Wildman–Crippen LogP) is 2.10. The number of hydrogen-bond donors (Lipinski definition) is 3. The van der Waals surface area contributed by atoms with Gasteiger partial charge in [-0.3, -0.25) is 4.79 Å². The Kier molecular flexibility index (Phi) is 4.72. The summed E-state index contributed by atoms with van der Waals surface area (Å²) in [6, 6.07) is 2.90. The van der Waals surface area contributed by atoms with Crippen LogP contribution in [0.5, 0.6) is 0 Å². The Labute approximate surface area is 130 Å². The van der Waals surface area contributed by atoms with Crippen molar-refractivity contribution in [1.29, 1.82) is 0 Å². The number of anilines is 1. The molecule has 0 fully saturated rings. The minimum atomic E-state index is -1.66. The van der Waals surface area contributed by atoms with Crippen LogP contribution in [0, 0.1) is 11.6 Å². The molecule has 22 heavy (non-hydrogen) atoms. The van der Waals surface area contributed by atoms with Gasteiger partial charge in [0.05, 0.1) is 12.7 Å². The van der Waals surface area contributed by atoms with Crippen molar-refractivity contribution in [3.05, 3.63) is 46.5 Å². The minimum absolute atomic E-state index is 0.0885. The van der Waals surface area contributed by atoms with Gasteiger partial charge in [-0.2, -0.15) is 0 Å². The zero-order chi connectivity index (χ0) is 16.3. The van der Waals surface area contributed by atoms with E-state index in [1.807, 2.05) is 0 Å². The van der Waals surface area contributed by atoms with Crippen LogP contribution in [-0.4, -0.2) is 29.6 Å². The standard InChI is InChI=1S/C14H15F2N3O2S/c1-14(21,9-4-3-8(15)5-10(9)16)7-19-12(20)11-6-18-13(17-2)22-11/h3-6,21H,7H2,1-2H3,(H,17,18)(H,19,20). The van der Waals surface area contributed by atoms with Crippen LogP contribution in [0.25, 0.3) is 0 Å². The van der Waals surface area contributed by atoms with Crippen LogP contribution < -0.4 is 10.6 Å². The summed E-state index contributed by atoms with van der Waals surface area (Å²) >= 11 is 1.15. The lowest BCUT2D eigenvalue weighted by atomic mass is 9.95. The molecule has 1 aromatic heterocycles. The van der Waals surface area contributed by atoms with Crippen molar-refractivity contribution >= 4 is 22.4 Å². The molecule has 5 nitrogen and oxygen atoms in total. The number of carbonyl (C=O) groups is 1. The highest BCUT2D eigenvalue weighted by atomic mass is 32.1. The first-order valence-corrected chi connectivity index (χ1v) is 7.25. The van der Waals surface area contributed by atoms with E-state index < -0.39 is 23.1 Å². The van der Waals surface area contributed by atoms with Crippen LogP contribution in [-0.2, 0) is 5.60 Å². The fraction of sp³-hybridized carbons (Fsp3) is 0.286. The van der Waals surface area contributed by atoms with E-state index in [1.165, 1.54) is 13.1 Å². The number of nitrogens with zero attached hydrogens (tertiary/aromatic N) is 1. The maximum absolute atomic E-state index is 13.7. The Morgan fingerprint density at radius 2 is 2.18 bits per heavy atom. The quantitative estimate of drug-likeness (QED) is 0.786. The van der Waals surface area contributed by atoms with Gasteiger partial charge in [0.2, 0.25) is 0 Å². The minimum Gasteiger partial charge on any atom is -0.383 e. The first-order valence-electron chi connectivity index (χ1n) is 6.43. The molecule has 0 aliphatic rings. The van der Waals surface area contributed by atoms with Crippen LogP contribution in [0.2, 0.25) is 0 Å². The van der Waals surface area contributed by atoms with E-state index in [1.54, 1.807) is 7.05 Å². The lowest BCUT2D eigenvalue weighted by Crippen LogP contribution is -2.39. The van der Waals surface area contributed by atoms with Crippen molar-refractivity contribution in [2.75, 3.05) is 18.9 Å². The summed E-state index contributed by atoms with van der Waals surface area (Å²) in [4.78, 5) is 16.3. The topological polar surface area (TPSA) is 74.2 Å². The Bertz CT molecular complexity index is 688. The van der Waals surface area contributed by atoms with Gasteiger partial charge in [0.25, 0.3) is 5.91 Å². The summed E-state index contributed by atoms with van der Waals surface area (Å²) in [5.41, 5.74) is -1.75. The second kappa shape index (κ2) is 6.37. The number of carbonyl (C=O) groups excluding carboxylic acids is 1. The van der Waals surface area contributed by atoms with E-state index in [2.05, 4.69) is 15.6 Å². The summed E-state index contributed by atoms with van der Waals surface area (Å²) in [5, 5.41) is 16.2. The average molecular weight is 327 g/mol. The van der Waals surface area contributed by atoms with Gasteiger partial charge in [0.15, 0.2) is 5.13 Å². The molecule has 1 amide bonds. The summed E-state index contributed by atoms with van der Waals surface area (Å²) in [6.07, 6.45) is 1.40. The number of hydrogen-bond acceptors (Lipinski definition) is 5. The zero-order valence-electron chi connectivity index (χ0n) is 12.0. The third-order valence-corrected chi connectivity index (χ3v) is 4.06. The van der Waals surface area contributed by atoms with Crippen molar-refractivity contribution in [1.82, 2.24) is 10.3 Å². The molecule has 0 aliphatic heterocycles. The highest BCUT2D eigenvalue weighted by Crippen LogP contribution is 2.24. The highest BCUT2D eigenvalue weighted by Gasteiger charge is 2.28. The van der Waals surface area contributed by atoms with Gasteiger partial charge in [-0.15, -0.1) is 0 Å². The monoisotopic (exact) mass is 327 g/mol. The third-order valence-electron chi connectivity index (χ3n) is 3.05. The highest BCUT2D eigenvalue weighted by molar-refractivity contribution is 7.17. The molecule has 0 radical (unpaired) electrons. The fourth-order valence-electron chi connectivity index (χ4n) is 1.86. The lowest BCUT2D eigenvalue weighted by molar-refractivity contribution is 0.0495. The Morgan fingerprint density at radius 3 is 2.77 bits per heavy atom. The number of rotatable bonds is 5. The van der Waals surface area contributed by atoms with Gasteiger partial charge < -0.3 is 15.7 Å². The summed E-state index contributed by atoms with van der Waals surface area (Å²) in [7, 11) is 1.68. The number of aromatic nitrogens is 1. The van der Waals surface area contributed by atoms with Gasteiger partial charge in [0.1, 0.15) is 22.1 Å². The third kappa shape index (κ3) is 3.58. The molecule has 0 saturated heterocycles. The molecular weight excluding hydrogens is 312 g/mol. The van der Waals surface area contributed by atoms with E-state index in [-0.39, 0.29) is 12.1 Å². The van der Waals surface area contributed by atoms with Crippen molar-refractivity contribution in [3.63, 3.8) is 0 Å². The van der Waals surface area contributed by atoms with E-state index in [9.17, 15) is 18.7 Å². The predicted molar refractivity (Wildman–Crippen MR) is 79.9 cm³/mol. The molecule has 0 bridgehead atoms. The molecule has 1 heterocycles. The molecule has 1 atom stereocenters. The van der Waals surface area contributed by atoms with Gasteiger partial charge in [-0.25, -0.2) is 13.8 Å². The molecule has 0 saturated carbocycles. The van der Waals surface area contributed by atoms with E-state index in [0.29, 0.717) is 16.1 Å². The average Bonchev–Trinajstić information content (AvgIpc) is 2.93. The Morgan fingerprint density at radius 1 is 1.45 bits per heavy atom. The molecule has 0 aliphatic carbocycles. The van der Waals surface area contributed by atoms with Crippen LogP contribution in [0.3, 0.4) is 0 Å². The Hall–Kier alpha value is -2.06. The molecule has 1 aromatic carbocycles.